The van der Waals surface area contributed by atoms with Crippen LogP contribution < -0.4 is 53.6 Å². The van der Waals surface area contributed by atoms with Crippen LogP contribution in [0.2, 0.25) is 0 Å². The topological polar surface area (TPSA) is 651 Å². The number of nitrogens with zero attached hydrogens (tertiary/aromatic N) is 4. The second-order valence-corrected chi connectivity index (χ2v) is 38.3. The van der Waals surface area contributed by atoms with Gasteiger partial charge in [0.25, 0.3) is 11.8 Å². The lowest BCUT2D eigenvalue weighted by Crippen LogP contribution is -2.59. The van der Waals surface area contributed by atoms with E-state index in [1.165, 1.54) is 52.3 Å². The number of methoxy groups -OCH3 is 2. The van der Waals surface area contributed by atoms with Crippen LogP contribution in [0.15, 0.2) is 66.7 Å². The predicted molar refractivity (Wildman–Crippen MR) is 494 cm³/mol. The monoisotopic (exact) mass is 2000 g/mol. The average Bonchev–Trinajstić information content (AvgIpc) is 1.67. The highest BCUT2D eigenvalue weighted by atomic mass is 31.2. The Kier molecular flexibility index (Phi) is 50.7. The summed E-state index contributed by atoms with van der Waals surface area (Å²) in [6, 6.07) is 3.37. The molecule has 19 atom stereocenters. The first-order valence-corrected chi connectivity index (χ1v) is 49.1. The van der Waals surface area contributed by atoms with Gasteiger partial charge in [-0.1, -0.05) is 111 Å². The molecule has 14 amide bonds. The molecule has 138 heavy (non-hydrogen) atoms. The number of nitrogens with one attached hydrogen (secondary N) is 9. The summed E-state index contributed by atoms with van der Waals surface area (Å²) in [7, 11) is -1.33. The third-order valence-electron chi connectivity index (χ3n) is 23.3. The third-order valence-corrected chi connectivity index (χ3v) is 25.1. The molecular formula is C89H142N14O33P2. The number of carbonyl (C=O) groups is 15. The number of primary amides is 1. The second-order valence-electron chi connectivity index (χ2n) is 35.1. The summed E-state index contributed by atoms with van der Waals surface area (Å²) in [4.78, 5) is 236. The number of benzene rings is 2. The summed E-state index contributed by atoms with van der Waals surface area (Å²) in [6.07, 6.45) is -9.81. The predicted octanol–water partition coefficient (Wildman–Crippen LogP) is -0.797. The zero-order chi connectivity index (χ0) is 103. The number of nitrogens with two attached hydrogens (primary N) is 1. The first-order valence-electron chi connectivity index (χ1n) is 45.9. The molecule has 3 heterocycles. The van der Waals surface area contributed by atoms with E-state index in [0.29, 0.717) is 41.8 Å². The first-order chi connectivity index (χ1) is 65.1. The van der Waals surface area contributed by atoms with E-state index in [9.17, 15) is 101 Å². The SMILES string of the molecule is CC[C@H](C)[C@@H]([C@@H](CC(=O)N1CCC[C@H]1[C@H](OC)[C@@H](C)C(=O)N[C@H](C)[C@@H](OP(=O)(O)OCc1ccc(NC(=O)[C@H](CCCNC(N)=O)NC(=O)[C@@H](NC(=O)[C@H](CC(=O)OCC(O)C2OC(=O)C(O)C2O)NC(=O)CCOCCOCCOCCOCCNC(=O)[C@H](CNC(=O)CCP(=O)(O)O)N2C(=O)C=CC2=O)C(C)C)cc1)c1ccccc1)OC)N(C)C(=O)[C@@H](NC(=O)[C@H](C(C)C)N(C)C)C(C)C. The van der Waals surface area contributed by atoms with Crippen LogP contribution in [-0.4, -0.2) is 357 Å². The van der Waals surface area contributed by atoms with Gasteiger partial charge in [0.15, 0.2) is 12.2 Å². The van der Waals surface area contributed by atoms with Crippen LogP contribution in [0, 0.1) is 29.6 Å². The summed E-state index contributed by atoms with van der Waals surface area (Å²) >= 11 is 0. The van der Waals surface area contributed by atoms with E-state index in [-0.39, 0.29) is 126 Å². The number of imide groups is 1. The number of aliphatic hydroxyl groups excluding tert-OH is 3. The molecule has 0 spiro atoms. The Bertz CT molecular complexity index is 4430. The number of ether oxygens (including phenoxy) is 8. The van der Waals surface area contributed by atoms with Crippen molar-refractivity contribution in [2.75, 3.05) is 132 Å². The molecule has 3 aliphatic rings. The van der Waals surface area contributed by atoms with Gasteiger partial charge in [0.05, 0.1) is 121 Å². The molecule has 776 valence electrons. The molecular weight excluding hydrogens is 1850 g/mol. The number of likely N-dealkylation sites (tertiary alicyclic amines) is 1. The number of carbonyl (C=O) groups excluding carboxylic acids is 15. The number of aliphatic hydroxyl groups is 3. The molecule has 2 saturated heterocycles. The lowest BCUT2D eigenvalue weighted by atomic mass is 9.89. The van der Waals surface area contributed by atoms with Crippen molar-refractivity contribution in [2.45, 2.75) is 231 Å². The van der Waals surface area contributed by atoms with Gasteiger partial charge in [0.1, 0.15) is 55.1 Å². The Morgan fingerprint density at radius 3 is 1.79 bits per heavy atom. The molecule has 5 rings (SSSR count). The van der Waals surface area contributed by atoms with E-state index >= 15 is 0 Å². The zero-order valence-corrected chi connectivity index (χ0v) is 82.7. The van der Waals surface area contributed by atoms with E-state index in [2.05, 4.69) is 47.9 Å². The number of amides is 14. The maximum Gasteiger partial charge on any atom is 0.473 e. The Hall–Kier alpha value is -9.91. The van der Waals surface area contributed by atoms with Crippen LogP contribution in [0.25, 0.3) is 0 Å². The second kappa shape index (κ2) is 59.0. The molecule has 2 aromatic carbocycles. The van der Waals surface area contributed by atoms with Gasteiger partial charge in [-0.3, -0.25) is 85.7 Å². The lowest BCUT2D eigenvalue weighted by Gasteiger charge is -2.41. The highest BCUT2D eigenvalue weighted by molar-refractivity contribution is 7.51. The van der Waals surface area contributed by atoms with Crippen LogP contribution in [0.5, 0.6) is 0 Å². The molecule has 5 unspecified atom stereocenters. The van der Waals surface area contributed by atoms with E-state index < -0.39 is 241 Å². The smallest absolute Gasteiger partial charge is 0.463 e. The molecule has 49 heteroatoms. The van der Waals surface area contributed by atoms with Gasteiger partial charge in [0, 0.05) is 78.1 Å². The number of anilines is 1. The van der Waals surface area contributed by atoms with Crippen LogP contribution in [-0.2, 0) is 130 Å². The number of hydrogen-bond donors (Lipinski definition) is 16. The number of likely N-dealkylation sites (N-methyl/N-ethyl adjacent to an activating group) is 2. The van der Waals surface area contributed by atoms with Crippen LogP contribution in [0.1, 0.15) is 144 Å². The number of urea groups is 1. The normalized spacial score (nSPS) is 19.0. The molecule has 0 bridgehead atoms. The summed E-state index contributed by atoms with van der Waals surface area (Å²) in [5.74, 6) is -13.1. The summed E-state index contributed by atoms with van der Waals surface area (Å²) in [5.41, 5.74) is 6.13. The number of phosphoric ester groups is 1. The van der Waals surface area contributed by atoms with E-state index in [4.69, 9.17) is 62.5 Å². The van der Waals surface area contributed by atoms with Gasteiger partial charge in [-0.15, -0.1) is 0 Å². The van der Waals surface area contributed by atoms with Crippen molar-refractivity contribution >= 4 is 110 Å². The van der Waals surface area contributed by atoms with Gasteiger partial charge >= 0.3 is 33.4 Å². The van der Waals surface area contributed by atoms with Gasteiger partial charge < -0.3 is 131 Å². The number of cyclic esters (lactones) is 1. The molecule has 0 saturated carbocycles. The number of rotatable bonds is 64. The summed E-state index contributed by atoms with van der Waals surface area (Å²) in [5, 5.41) is 54.1. The molecule has 2 fully saturated rings. The molecule has 0 radical (unpaired) electrons. The molecule has 2 aromatic rings. The van der Waals surface area contributed by atoms with Crippen molar-refractivity contribution in [1.82, 2.24) is 62.1 Å². The lowest BCUT2D eigenvalue weighted by molar-refractivity contribution is -0.157. The van der Waals surface area contributed by atoms with Crippen LogP contribution >= 0.6 is 15.4 Å². The van der Waals surface area contributed by atoms with Crippen molar-refractivity contribution in [3.05, 3.63) is 77.9 Å². The molecule has 47 nitrogen and oxygen atoms in total. The maximum atomic E-state index is 14.7. The van der Waals surface area contributed by atoms with Crippen molar-refractivity contribution < 1.29 is 158 Å². The van der Waals surface area contributed by atoms with E-state index in [1.807, 2.05) is 60.5 Å². The summed E-state index contributed by atoms with van der Waals surface area (Å²) in [6.45, 7) is 16.0. The van der Waals surface area contributed by atoms with E-state index in [1.54, 1.807) is 61.0 Å². The molecule has 0 aliphatic carbocycles. The quantitative estimate of drug-likeness (QED) is 0.0167. The number of esters is 2. The van der Waals surface area contributed by atoms with Crippen molar-refractivity contribution in [3.8, 4) is 0 Å². The van der Waals surface area contributed by atoms with Gasteiger partial charge in [0.2, 0.25) is 59.1 Å². The molecule has 17 N–H and O–H groups in total. The zero-order valence-electron chi connectivity index (χ0n) is 80.9. The van der Waals surface area contributed by atoms with Crippen LogP contribution in [0.4, 0.5) is 10.5 Å². The average molecular weight is 2000 g/mol. The minimum Gasteiger partial charge on any atom is -0.463 e. The Balaban J connectivity index is 1.17. The molecule has 0 aromatic heterocycles. The Labute approximate surface area is 803 Å². The number of hydrogen-bond acceptors (Lipinski definition) is 31. The first kappa shape index (κ1) is 119. The van der Waals surface area contributed by atoms with Crippen LogP contribution in [0.3, 0.4) is 0 Å². The van der Waals surface area contributed by atoms with Gasteiger partial charge in [-0.05, 0) is 93.6 Å². The highest BCUT2D eigenvalue weighted by Crippen LogP contribution is 2.50. The fraction of sp³-hybridized carbons (Fsp3) is 0.674. The van der Waals surface area contributed by atoms with Crippen molar-refractivity contribution in [2.24, 2.45) is 35.3 Å². The summed E-state index contributed by atoms with van der Waals surface area (Å²) < 4.78 is 80.7. The maximum absolute atomic E-state index is 14.7. The Morgan fingerprint density at radius 2 is 1.24 bits per heavy atom. The number of phosphoric acid groups is 1. The van der Waals surface area contributed by atoms with E-state index in [0.717, 1.165) is 12.2 Å². The standard InChI is InChI=1S/C89H142N14O33P2/c1-16-54(8)75(101(13)87(119)73(52(4)5)99-86(118)74(53(6)7)100(11)12)65(127-14)47-70(109)102-36-21-25-62(102)78(128-15)55(9)81(113)94-56(10)79(58-22-18-17-19-23-58)136-138(125,126)134-49-57-26-28-59(29-27-57)95-82(114)60(24-20-34-92-89(90)121)97-85(117)72(51(2)3)98-83(115)61(46-71(110)133-50-64(104)80-76(111)77(112)88(120)135-80)96-67(106)32-37-129-39-41-131-43-44-132-42-40-130-38-35-91-84(116)63(103-68(107)30-31-69(103)108)48-93-66(105)33-45-137(122,123)124/h17-19,22-23,26-31,51-56,60-65,72-80,104,111-112H,16,20-21,24-25,32-50H2,1-15H3,(H,91,116)(H,93,105)(H,94,113)(H,95,114)(H,96,106)(H,97,117)(H,98,115)(H,99,118)(H,125,126)(H3,90,92,121)(H2,122,123,124)/t54-,55+,56+,60-,61-,62-,63-,64?,65+,72-,73-,74-,75-,76?,77?,78+,79+,80?/m0/s1. The molecule has 3 aliphatic heterocycles. The Morgan fingerprint density at radius 1 is 0.638 bits per heavy atom. The minimum absolute atomic E-state index is 0.0153. The van der Waals surface area contributed by atoms with Crippen molar-refractivity contribution in [1.29, 1.82) is 0 Å². The van der Waals surface area contributed by atoms with Crippen molar-refractivity contribution in [3.63, 3.8) is 0 Å². The third kappa shape index (κ3) is 38.9. The van der Waals surface area contributed by atoms with Gasteiger partial charge in [-0.2, -0.15) is 0 Å². The highest BCUT2D eigenvalue weighted by Gasteiger charge is 2.49. The largest absolute Gasteiger partial charge is 0.473 e. The van der Waals surface area contributed by atoms with Gasteiger partial charge in [-0.25, -0.2) is 14.2 Å². The minimum atomic E-state index is -5.05. The fourth-order valence-electron chi connectivity index (χ4n) is 15.7. The fourth-order valence-corrected chi connectivity index (χ4v) is 17.2.